The monoisotopic (exact) mass is 316 g/mol. The van der Waals surface area contributed by atoms with E-state index in [0.717, 1.165) is 19.5 Å². The number of hydrogen-bond donors (Lipinski definition) is 3. The fourth-order valence-corrected chi connectivity index (χ4v) is 2.53. The van der Waals surface area contributed by atoms with Gasteiger partial charge in [-0.1, -0.05) is 0 Å². The molecular weight excluding hydrogens is 296 g/mol. The van der Waals surface area contributed by atoms with Crippen molar-refractivity contribution < 1.29 is 9.59 Å². The number of nitrogens with one attached hydrogen (secondary N) is 3. The Labute approximate surface area is 134 Å². The molecule has 8 heteroatoms. The second-order valence-electron chi connectivity index (χ2n) is 5.41. The maximum atomic E-state index is 11.7. The first-order chi connectivity index (χ1) is 11.1. The van der Waals surface area contributed by atoms with Crippen molar-refractivity contribution in [1.29, 1.82) is 5.26 Å². The van der Waals surface area contributed by atoms with Crippen molar-refractivity contribution in [1.82, 2.24) is 20.5 Å². The quantitative estimate of drug-likeness (QED) is 0.713. The summed E-state index contributed by atoms with van der Waals surface area (Å²) in [5, 5.41) is 16.8. The summed E-state index contributed by atoms with van der Waals surface area (Å²) in [6, 6.07) is 5.06. The van der Waals surface area contributed by atoms with E-state index in [4.69, 9.17) is 5.26 Å². The van der Waals surface area contributed by atoms with E-state index in [1.165, 1.54) is 7.05 Å². The highest BCUT2D eigenvalue weighted by molar-refractivity contribution is 5.95. The Hall–Kier alpha value is -2.66. The number of likely N-dealkylation sites (tertiary alicyclic amines) is 1. The molecule has 2 rings (SSSR count). The minimum atomic E-state index is -0.494. The zero-order chi connectivity index (χ0) is 16.7. The molecule has 23 heavy (non-hydrogen) atoms. The minimum absolute atomic E-state index is 0.205. The summed E-state index contributed by atoms with van der Waals surface area (Å²) >= 11 is 0. The molecule has 0 aromatic carbocycles. The lowest BCUT2D eigenvalue weighted by atomic mass is 10.1. The number of rotatable bonds is 5. The molecule has 1 fully saturated rings. The summed E-state index contributed by atoms with van der Waals surface area (Å²) in [5.41, 5.74) is 0.521. The van der Waals surface area contributed by atoms with Crippen LogP contribution in [0.1, 0.15) is 12.0 Å². The third-order valence-electron chi connectivity index (χ3n) is 3.70. The van der Waals surface area contributed by atoms with E-state index in [0.29, 0.717) is 23.8 Å². The van der Waals surface area contributed by atoms with E-state index in [1.54, 1.807) is 18.3 Å². The first-order valence-electron chi connectivity index (χ1n) is 7.45. The van der Waals surface area contributed by atoms with Crippen LogP contribution < -0.4 is 16.0 Å². The Morgan fingerprint density at radius 1 is 1.52 bits per heavy atom. The second-order valence-corrected chi connectivity index (χ2v) is 5.41. The standard InChI is InChI=1S/C15H20N6O2/c1-17-15(23)20-13(22)10-21-6-4-11(9-21)8-19-14-12(7-16)3-2-5-18-14/h2-3,5,11H,4,6,8-10H2,1H3,(H,18,19)(H2,17,20,22,23)/t11-/m1/s1. The third kappa shape index (κ3) is 4.93. The zero-order valence-corrected chi connectivity index (χ0v) is 13.0. The number of anilines is 1. The van der Waals surface area contributed by atoms with Gasteiger partial charge in [0.05, 0.1) is 12.1 Å². The van der Waals surface area contributed by atoms with Gasteiger partial charge in [0, 0.05) is 26.3 Å². The van der Waals surface area contributed by atoms with Crippen LogP contribution >= 0.6 is 0 Å². The van der Waals surface area contributed by atoms with Crippen molar-refractivity contribution >= 4 is 17.8 Å². The van der Waals surface area contributed by atoms with Crippen LogP contribution in [0, 0.1) is 17.2 Å². The molecule has 1 aliphatic rings. The van der Waals surface area contributed by atoms with Gasteiger partial charge in [-0.2, -0.15) is 5.26 Å². The highest BCUT2D eigenvalue weighted by Crippen LogP contribution is 2.17. The van der Waals surface area contributed by atoms with E-state index >= 15 is 0 Å². The van der Waals surface area contributed by atoms with Crippen molar-refractivity contribution in [3.63, 3.8) is 0 Å². The zero-order valence-electron chi connectivity index (χ0n) is 13.0. The van der Waals surface area contributed by atoms with E-state index in [9.17, 15) is 9.59 Å². The molecule has 0 aliphatic carbocycles. The first kappa shape index (κ1) is 16.7. The van der Waals surface area contributed by atoms with Gasteiger partial charge in [-0.25, -0.2) is 9.78 Å². The van der Waals surface area contributed by atoms with Crippen LogP contribution in [-0.4, -0.2) is 55.0 Å². The number of amides is 3. The van der Waals surface area contributed by atoms with Crippen LogP contribution in [0.2, 0.25) is 0 Å². The summed E-state index contributed by atoms with van der Waals surface area (Å²) in [6.07, 6.45) is 2.60. The molecule has 1 aromatic rings. The van der Waals surface area contributed by atoms with Crippen LogP contribution in [-0.2, 0) is 4.79 Å². The van der Waals surface area contributed by atoms with Crippen LogP contribution in [0.3, 0.4) is 0 Å². The minimum Gasteiger partial charge on any atom is -0.369 e. The summed E-state index contributed by atoms with van der Waals surface area (Å²) < 4.78 is 0. The lowest BCUT2D eigenvalue weighted by Crippen LogP contribution is -2.43. The maximum Gasteiger partial charge on any atom is 0.321 e. The molecule has 1 atom stereocenters. The van der Waals surface area contributed by atoms with Gasteiger partial charge in [0.15, 0.2) is 0 Å². The van der Waals surface area contributed by atoms with E-state index < -0.39 is 6.03 Å². The number of imide groups is 1. The van der Waals surface area contributed by atoms with Gasteiger partial charge in [-0.3, -0.25) is 15.0 Å². The van der Waals surface area contributed by atoms with E-state index in [-0.39, 0.29) is 12.5 Å². The van der Waals surface area contributed by atoms with E-state index in [1.807, 2.05) is 4.90 Å². The highest BCUT2D eigenvalue weighted by atomic mass is 16.2. The number of nitrogens with zero attached hydrogens (tertiary/aromatic N) is 3. The number of nitriles is 1. The summed E-state index contributed by atoms with van der Waals surface area (Å²) in [5.74, 6) is 0.650. The van der Waals surface area contributed by atoms with Crippen molar-refractivity contribution in [2.75, 3.05) is 38.5 Å². The molecule has 122 valence electrons. The van der Waals surface area contributed by atoms with Crippen LogP contribution in [0.25, 0.3) is 0 Å². The molecule has 0 unspecified atom stereocenters. The van der Waals surface area contributed by atoms with Gasteiger partial charge in [-0.15, -0.1) is 0 Å². The Kier molecular flexibility index (Phi) is 5.88. The molecule has 0 radical (unpaired) electrons. The lowest BCUT2D eigenvalue weighted by Gasteiger charge is -2.16. The SMILES string of the molecule is CNC(=O)NC(=O)CN1CC[C@H](CNc2ncccc2C#N)C1. The fraction of sp³-hybridized carbons (Fsp3) is 0.467. The normalized spacial score (nSPS) is 17.3. The van der Waals surface area contributed by atoms with Crippen molar-refractivity contribution in [2.45, 2.75) is 6.42 Å². The number of aromatic nitrogens is 1. The molecule has 3 amide bonds. The van der Waals surface area contributed by atoms with Gasteiger partial charge in [0.25, 0.3) is 0 Å². The summed E-state index contributed by atoms with van der Waals surface area (Å²) in [7, 11) is 1.47. The van der Waals surface area contributed by atoms with Crippen molar-refractivity contribution in [2.24, 2.45) is 5.92 Å². The molecule has 8 nitrogen and oxygen atoms in total. The molecule has 0 saturated carbocycles. The fourth-order valence-electron chi connectivity index (χ4n) is 2.53. The summed E-state index contributed by atoms with van der Waals surface area (Å²) in [6.45, 7) is 2.47. The predicted octanol–water partition coefficient (Wildman–Crippen LogP) is 0.143. The molecule has 3 N–H and O–H groups in total. The van der Waals surface area contributed by atoms with Crippen LogP contribution in [0.5, 0.6) is 0 Å². The Balaban J connectivity index is 1.76. The molecular formula is C15H20N6O2. The second kappa shape index (κ2) is 8.10. The average molecular weight is 316 g/mol. The summed E-state index contributed by atoms with van der Waals surface area (Å²) in [4.78, 5) is 28.9. The van der Waals surface area contributed by atoms with Crippen LogP contribution in [0.15, 0.2) is 18.3 Å². The molecule has 1 aliphatic heterocycles. The van der Waals surface area contributed by atoms with Crippen LogP contribution in [0.4, 0.5) is 10.6 Å². The van der Waals surface area contributed by atoms with Gasteiger partial charge in [0.1, 0.15) is 11.9 Å². The van der Waals surface area contributed by atoms with Gasteiger partial charge in [-0.05, 0) is 31.0 Å². The number of carbonyl (C=O) groups excluding carboxylic acids is 2. The average Bonchev–Trinajstić information content (AvgIpc) is 3.00. The predicted molar refractivity (Wildman–Crippen MR) is 84.6 cm³/mol. The Morgan fingerprint density at radius 3 is 3.09 bits per heavy atom. The number of pyridine rings is 1. The number of carbonyl (C=O) groups is 2. The number of hydrogen-bond acceptors (Lipinski definition) is 6. The Bertz CT molecular complexity index is 612. The maximum absolute atomic E-state index is 11.7. The molecule has 1 saturated heterocycles. The highest BCUT2D eigenvalue weighted by Gasteiger charge is 2.24. The van der Waals surface area contributed by atoms with E-state index in [2.05, 4.69) is 27.0 Å². The van der Waals surface area contributed by atoms with Gasteiger partial charge >= 0.3 is 6.03 Å². The lowest BCUT2D eigenvalue weighted by molar-refractivity contribution is -0.120. The van der Waals surface area contributed by atoms with Gasteiger partial charge < -0.3 is 10.6 Å². The number of urea groups is 1. The largest absolute Gasteiger partial charge is 0.369 e. The topological polar surface area (TPSA) is 110 Å². The molecule has 0 bridgehead atoms. The first-order valence-corrected chi connectivity index (χ1v) is 7.45. The smallest absolute Gasteiger partial charge is 0.321 e. The van der Waals surface area contributed by atoms with Crippen molar-refractivity contribution in [3.05, 3.63) is 23.9 Å². The van der Waals surface area contributed by atoms with Gasteiger partial charge in [0.2, 0.25) is 5.91 Å². The Morgan fingerprint density at radius 2 is 2.35 bits per heavy atom. The van der Waals surface area contributed by atoms with Crippen molar-refractivity contribution in [3.8, 4) is 6.07 Å². The molecule has 2 heterocycles. The third-order valence-corrected chi connectivity index (χ3v) is 3.70. The molecule has 0 spiro atoms. The molecule has 1 aromatic heterocycles.